The molecule has 0 amide bonds. The van der Waals surface area contributed by atoms with Crippen molar-refractivity contribution in [2.75, 3.05) is 5.73 Å². The van der Waals surface area contributed by atoms with E-state index in [1.807, 2.05) is 4.57 Å². The van der Waals surface area contributed by atoms with E-state index < -0.39 is 0 Å². The van der Waals surface area contributed by atoms with Crippen molar-refractivity contribution in [1.82, 2.24) is 9.55 Å². The van der Waals surface area contributed by atoms with Crippen molar-refractivity contribution >= 4 is 41.3 Å². The maximum Gasteiger partial charge on any atom is 0.205 e. The molecule has 2 aromatic heterocycles. The molecular weight excluding hydrogens is 289 g/mol. The van der Waals surface area contributed by atoms with E-state index in [1.54, 1.807) is 11.3 Å². The molecule has 0 fully saturated rings. The van der Waals surface area contributed by atoms with Crippen LogP contribution in [0.25, 0.3) is 5.69 Å². The molecule has 2 heterocycles. The Morgan fingerprint density at radius 3 is 2.78 bits per heavy atom. The van der Waals surface area contributed by atoms with Gasteiger partial charge >= 0.3 is 0 Å². The highest BCUT2D eigenvalue weighted by atomic mass is 35.5. The number of hydrogen-bond acceptors (Lipinski definition) is 3. The summed E-state index contributed by atoms with van der Waals surface area (Å²) in [5.41, 5.74) is 10.6. The van der Waals surface area contributed by atoms with Crippen molar-refractivity contribution < 1.29 is 0 Å². The molecule has 0 saturated heterocycles. The van der Waals surface area contributed by atoms with Crippen molar-refractivity contribution in [3.05, 3.63) is 26.7 Å². The molecule has 0 saturated carbocycles. The molecule has 0 atom stereocenters. The van der Waals surface area contributed by atoms with Gasteiger partial charge in [-0.3, -0.25) is 4.57 Å². The van der Waals surface area contributed by atoms with E-state index in [2.05, 4.69) is 17.3 Å². The van der Waals surface area contributed by atoms with Crippen molar-refractivity contribution in [3.8, 4) is 5.69 Å². The van der Waals surface area contributed by atoms with E-state index in [1.165, 1.54) is 18.5 Å². The maximum absolute atomic E-state index is 6.27. The lowest BCUT2D eigenvalue weighted by Gasteiger charge is -2.14. The minimum Gasteiger partial charge on any atom is -0.369 e. The number of nitrogen functional groups attached to an aromatic ring is 1. The Balaban J connectivity index is 0.00000120. The molecular formula is C12H15Cl2N3S. The first-order valence-electron chi connectivity index (χ1n) is 5.78. The lowest BCUT2D eigenvalue weighted by molar-refractivity contribution is 0.656. The number of aromatic nitrogens is 2. The first kappa shape index (κ1) is 13.7. The molecule has 3 nitrogen and oxygen atoms in total. The second kappa shape index (κ2) is 5.11. The van der Waals surface area contributed by atoms with Gasteiger partial charge in [0.15, 0.2) is 0 Å². The zero-order chi connectivity index (χ0) is 12.0. The van der Waals surface area contributed by atoms with Crippen LogP contribution in [0, 0.1) is 6.92 Å². The van der Waals surface area contributed by atoms with Crippen LogP contribution >= 0.6 is 35.3 Å². The summed E-state index contributed by atoms with van der Waals surface area (Å²) in [7, 11) is 0. The molecule has 0 radical (unpaired) electrons. The highest BCUT2D eigenvalue weighted by molar-refractivity contribution is 7.15. The summed E-state index contributed by atoms with van der Waals surface area (Å²) in [4.78, 5) is 4.48. The molecule has 0 aromatic carbocycles. The predicted octanol–water partition coefficient (Wildman–Crippen LogP) is 3.78. The van der Waals surface area contributed by atoms with E-state index in [9.17, 15) is 0 Å². The molecule has 18 heavy (non-hydrogen) atoms. The fourth-order valence-electron chi connectivity index (χ4n) is 2.48. The maximum atomic E-state index is 6.27. The molecule has 2 aromatic rings. The van der Waals surface area contributed by atoms with Gasteiger partial charge in [0.1, 0.15) is 4.34 Å². The standard InChI is InChI=1S/C12H14ClN3S.ClH/c1-7-6-17-11(13)10(7)16-9-5-3-2-4-8(9)15-12(16)14;/h6H,2-5H2,1H3,(H2,14,15);1H. The average Bonchev–Trinajstić information content (AvgIpc) is 2.79. The largest absolute Gasteiger partial charge is 0.369 e. The van der Waals surface area contributed by atoms with Gasteiger partial charge < -0.3 is 5.73 Å². The number of hydrogen-bond donors (Lipinski definition) is 1. The van der Waals surface area contributed by atoms with Gasteiger partial charge in [0, 0.05) is 5.69 Å². The summed E-state index contributed by atoms with van der Waals surface area (Å²) < 4.78 is 2.84. The number of imidazole rings is 1. The molecule has 3 rings (SSSR count). The minimum atomic E-state index is 0. The average molecular weight is 304 g/mol. The highest BCUT2D eigenvalue weighted by Gasteiger charge is 2.22. The van der Waals surface area contributed by atoms with Gasteiger partial charge in [-0.15, -0.1) is 23.7 Å². The van der Waals surface area contributed by atoms with Crippen LogP contribution in [0.2, 0.25) is 4.34 Å². The van der Waals surface area contributed by atoms with Gasteiger partial charge in [0.2, 0.25) is 5.95 Å². The van der Waals surface area contributed by atoms with Crippen molar-refractivity contribution in [2.24, 2.45) is 0 Å². The topological polar surface area (TPSA) is 43.8 Å². The van der Waals surface area contributed by atoms with E-state index in [4.69, 9.17) is 17.3 Å². The smallest absolute Gasteiger partial charge is 0.205 e. The van der Waals surface area contributed by atoms with E-state index in [0.29, 0.717) is 5.95 Å². The second-order valence-electron chi connectivity index (χ2n) is 4.45. The first-order chi connectivity index (χ1) is 8.18. The fraction of sp³-hybridized carbons (Fsp3) is 0.417. The normalized spacial score (nSPS) is 14.1. The van der Waals surface area contributed by atoms with Gasteiger partial charge in [0.25, 0.3) is 0 Å². The number of nitrogens with two attached hydrogens (primary N) is 1. The van der Waals surface area contributed by atoms with E-state index in [0.717, 1.165) is 34.1 Å². The molecule has 2 N–H and O–H groups in total. The quantitative estimate of drug-likeness (QED) is 0.871. The van der Waals surface area contributed by atoms with E-state index >= 15 is 0 Å². The monoisotopic (exact) mass is 303 g/mol. The Morgan fingerprint density at radius 2 is 2.11 bits per heavy atom. The fourth-order valence-corrected chi connectivity index (χ4v) is 3.60. The molecule has 0 bridgehead atoms. The third kappa shape index (κ3) is 2.02. The molecule has 6 heteroatoms. The molecule has 98 valence electrons. The number of thiophene rings is 1. The molecule has 0 aliphatic heterocycles. The highest BCUT2D eigenvalue weighted by Crippen LogP contribution is 2.35. The van der Waals surface area contributed by atoms with Crippen molar-refractivity contribution in [1.29, 1.82) is 0 Å². The van der Waals surface area contributed by atoms with Crippen LogP contribution in [0.5, 0.6) is 0 Å². The minimum absolute atomic E-state index is 0. The van der Waals surface area contributed by atoms with Crippen LogP contribution in [0.4, 0.5) is 5.95 Å². The van der Waals surface area contributed by atoms with Gasteiger partial charge in [-0.2, -0.15) is 0 Å². The number of fused-ring (bicyclic) bond motifs is 1. The number of nitrogens with zero attached hydrogens (tertiary/aromatic N) is 2. The number of halogens is 2. The summed E-state index contributed by atoms with van der Waals surface area (Å²) >= 11 is 7.82. The van der Waals surface area contributed by atoms with Gasteiger partial charge in [-0.05, 0) is 43.6 Å². The SMILES string of the molecule is Cc1csc(Cl)c1-n1c(N)nc2c1CCCC2.Cl. The van der Waals surface area contributed by atoms with Crippen molar-refractivity contribution in [2.45, 2.75) is 32.6 Å². The Bertz CT molecular complexity index is 555. The summed E-state index contributed by atoms with van der Waals surface area (Å²) in [6, 6.07) is 0. The molecule has 0 spiro atoms. The van der Waals surface area contributed by atoms with E-state index in [-0.39, 0.29) is 12.4 Å². The van der Waals surface area contributed by atoms with Gasteiger partial charge in [-0.25, -0.2) is 4.98 Å². The number of anilines is 1. The number of aryl methyl sites for hydroxylation is 2. The summed E-state index contributed by atoms with van der Waals surface area (Å²) in [5, 5.41) is 2.06. The number of rotatable bonds is 1. The Morgan fingerprint density at radius 1 is 1.39 bits per heavy atom. The Kier molecular flexibility index (Phi) is 3.90. The summed E-state index contributed by atoms with van der Waals surface area (Å²) in [6.45, 7) is 2.06. The lowest BCUT2D eigenvalue weighted by Crippen LogP contribution is -2.09. The summed E-state index contributed by atoms with van der Waals surface area (Å²) in [6.07, 6.45) is 4.50. The first-order valence-corrected chi connectivity index (χ1v) is 7.04. The summed E-state index contributed by atoms with van der Waals surface area (Å²) in [5.74, 6) is 0.570. The van der Waals surface area contributed by atoms with Crippen LogP contribution in [-0.2, 0) is 12.8 Å². The second-order valence-corrected chi connectivity index (χ2v) is 5.93. The Labute approximate surface area is 121 Å². The van der Waals surface area contributed by atoms with Crippen LogP contribution < -0.4 is 5.73 Å². The Hall–Kier alpha value is -0.710. The predicted molar refractivity (Wildman–Crippen MR) is 79.5 cm³/mol. The lowest BCUT2D eigenvalue weighted by atomic mass is 10.0. The van der Waals surface area contributed by atoms with Gasteiger partial charge in [-0.1, -0.05) is 11.6 Å². The zero-order valence-electron chi connectivity index (χ0n) is 10.1. The molecule has 0 unspecified atom stereocenters. The molecule has 1 aliphatic rings. The van der Waals surface area contributed by atoms with Crippen LogP contribution in [0.3, 0.4) is 0 Å². The third-order valence-electron chi connectivity index (χ3n) is 3.28. The van der Waals surface area contributed by atoms with Crippen molar-refractivity contribution in [3.63, 3.8) is 0 Å². The van der Waals surface area contributed by atoms with Crippen LogP contribution in [0.1, 0.15) is 29.8 Å². The van der Waals surface area contributed by atoms with Crippen LogP contribution in [0.15, 0.2) is 5.38 Å². The van der Waals surface area contributed by atoms with Crippen LogP contribution in [-0.4, -0.2) is 9.55 Å². The third-order valence-corrected chi connectivity index (χ3v) is 4.60. The zero-order valence-corrected chi connectivity index (χ0v) is 12.5. The van der Waals surface area contributed by atoms with Gasteiger partial charge in [0.05, 0.1) is 11.4 Å². The molecule has 1 aliphatic carbocycles.